The van der Waals surface area contributed by atoms with Crippen LogP contribution in [0.2, 0.25) is 0 Å². The molecule has 1 aliphatic carbocycles. The minimum atomic E-state index is 0.182. The molecule has 2 rings (SSSR count). The van der Waals surface area contributed by atoms with Gasteiger partial charge in [-0.25, -0.2) is 0 Å². The van der Waals surface area contributed by atoms with Crippen molar-refractivity contribution in [2.75, 3.05) is 13.2 Å². The third-order valence-electron chi connectivity index (χ3n) is 3.25. The van der Waals surface area contributed by atoms with Crippen molar-refractivity contribution in [3.63, 3.8) is 0 Å². The summed E-state index contributed by atoms with van der Waals surface area (Å²) in [6.45, 7) is 7.05. The Morgan fingerprint density at radius 2 is 2.24 bits per heavy atom. The van der Waals surface area contributed by atoms with Gasteiger partial charge in [0, 0.05) is 12.0 Å². The summed E-state index contributed by atoms with van der Waals surface area (Å²) >= 11 is 3.64. The number of hydrogen-bond acceptors (Lipinski definition) is 2. The molecular formula is C14H18BrNO. The average Bonchev–Trinajstić information content (AvgIpc) is 3.08. The van der Waals surface area contributed by atoms with Gasteiger partial charge in [-0.15, -0.1) is 0 Å². The van der Waals surface area contributed by atoms with E-state index in [1.54, 1.807) is 0 Å². The molecule has 0 atom stereocenters. The monoisotopic (exact) mass is 295 g/mol. The van der Waals surface area contributed by atoms with Crippen molar-refractivity contribution in [2.45, 2.75) is 25.2 Å². The van der Waals surface area contributed by atoms with Gasteiger partial charge in [-0.1, -0.05) is 18.7 Å². The van der Waals surface area contributed by atoms with Crippen molar-refractivity contribution in [2.24, 2.45) is 5.73 Å². The minimum absolute atomic E-state index is 0.182. The van der Waals surface area contributed by atoms with Gasteiger partial charge >= 0.3 is 0 Å². The van der Waals surface area contributed by atoms with Crippen LogP contribution in [0.25, 0.3) is 0 Å². The molecule has 92 valence electrons. The Balaban J connectivity index is 2.24. The maximum absolute atomic E-state index is 5.87. The smallest absolute Gasteiger partial charge is 0.134 e. The van der Waals surface area contributed by atoms with Gasteiger partial charge in [0.2, 0.25) is 0 Å². The third kappa shape index (κ3) is 2.55. The minimum Gasteiger partial charge on any atom is -0.488 e. The molecule has 1 aromatic carbocycles. The highest BCUT2D eigenvalue weighted by Gasteiger charge is 2.44. The van der Waals surface area contributed by atoms with E-state index in [0.29, 0.717) is 13.2 Å². The maximum atomic E-state index is 5.87. The van der Waals surface area contributed by atoms with Crippen LogP contribution in [0, 0.1) is 0 Å². The van der Waals surface area contributed by atoms with Crippen LogP contribution >= 0.6 is 15.9 Å². The zero-order valence-corrected chi connectivity index (χ0v) is 11.7. The lowest BCUT2D eigenvalue weighted by Crippen LogP contribution is -2.20. The lowest BCUT2D eigenvalue weighted by Gasteiger charge is -2.17. The van der Waals surface area contributed by atoms with Crippen LogP contribution < -0.4 is 10.5 Å². The predicted octanol–water partition coefficient (Wildman–Crippen LogP) is 3.39. The molecule has 0 bridgehead atoms. The van der Waals surface area contributed by atoms with Crippen LogP contribution in [0.15, 0.2) is 34.8 Å². The van der Waals surface area contributed by atoms with Gasteiger partial charge in [0.25, 0.3) is 0 Å². The fourth-order valence-corrected chi connectivity index (χ4v) is 2.77. The molecule has 1 fully saturated rings. The lowest BCUT2D eigenvalue weighted by molar-refractivity contribution is 0.349. The van der Waals surface area contributed by atoms with Crippen LogP contribution in [0.4, 0.5) is 0 Å². The summed E-state index contributed by atoms with van der Waals surface area (Å²) in [4.78, 5) is 0. The molecule has 0 amide bonds. The summed E-state index contributed by atoms with van der Waals surface area (Å²) in [6.07, 6.45) is 2.35. The van der Waals surface area contributed by atoms with Gasteiger partial charge in [0.05, 0.1) is 4.47 Å². The van der Waals surface area contributed by atoms with Gasteiger partial charge in [-0.2, -0.15) is 0 Å². The molecule has 1 aliphatic rings. The quantitative estimate of drug-likeness (QED) is 0.845. The molecule has 17 heavy (non-hydrogen) atoms. The molecule has 0 spiro atoms. The molecule has 0 radical (unpaired) electrons. The highest BCUT2D eigenvalue weighted by molar-refractivity contribution is 9.10. The normalized spacial score (nSPS) is 16.6. The van der Waals surface area contributed by atoms with Gasteiger partial charge in [0.15, 0.2) is 0 Å². The number of rotatable bonds is 5. The van der Waals surface area contributed by atoms with Crippen molar-refractivity contribution < 1.29 is 4.74 Å². The number of nitrogens with two attached hydrogens (primary N) is 1. The van der Waals surface area contributed by atoms with E-state index in [1.165, 1.54) is 18.4 Å². The molecule has 0 heterocycles. The molecule has 2 nitrogen and oxygen atoms in total. The van der Waals surface area contributed by atoms with Crippen LogP contribution in [-0.2, 0) is 5.41 Å². The number of ether oxygens (including phenoxy) is 1. The second-order valence-corrected chi connectivity index (χ2v) is 5.64. The second-order valence-electron chi connectivity index (χ2n) is 4.85. The van der Waals surface area contributed by atoms with Gasteiger partial charge in [-0.05, 0) is 52.9 Å². The first-order valence-corrected chi connectivity index (χ1v) is 6.64. The first-order chi connectivity index (χ1) is 8.09. The van der Waals surface area contributed by atoms with Crippen molar-refractivity contribution in [1.29, 1.82) is 0 Å². The van der Waals surface area contributed by atoms with E-state index >= 15 is 0 Å². The van der Waals surface area contributed by atoms with Gasteiger partial charge in [0.1, 0.15) is 12.4 Å². The first kappa shape index (κ1) is 12.7. The van der Waals surface area contributed by atoms with Crippen molar-refractivity contribution in [3.05, 3.63) is 40.4 Å². The predicted molar refractivity (Wildman–Crippen MR) is 74.4 cm³/mol. The van der Waals surface area contributed by atoms with E-state index in [0.717, 1.165) is 15.8 Å². The summed E-state index contributed by atoms with van der Waals surface area (Å²) in [6, 6.07) is 6.14. The summed E-state index contributed by atoms with van der Waals surface area (Å²) in [5.74, 6) is 0.880. The molecule has 0 saturated heterocycles. The van der Waals surface area contributed by atoms with E-state index in [4.69, 9.17) is 10.5 Å². The van der Waals surface area contributed by atoms with E-state index in [-0.39, 0.29) is 5.41 Å². The molecular weight excluding hydrogens is 278 g/mol. The van der Waals surface area contributed by atoms with Crippen LogP contribution in [0.1, 0.15) is 25.3 Å². The fourth-order valence-electron chi connectivity index (χ4n) is 1.97. The Morgan fingerprint density at radius 3 is 2.76 bits per heavy atom. The zero-order chi connectivity index (χ0) is 12.5. The van der Waals surface area contributed by atoms with Crippen LogP contribution in [-0.4, -0.2) is 13.2 Å². The highest BCUT2D eigenvalue weighted by atomic mass is 79.9. The van der Waals surface area contributed by atoms with Crippen LogP contribution in [0.3, 0.4) is 0 Å². The summed E-state index contributed by atoms with van der Waals surface area (Å²) in [5.41, 5.74) is 8.34. The molecule has 2 N–H and O–H groups in total. The van der Waals surface area contributed by atoms with Gasteiger partial charge < -0.3 is 10.5 Å². The van der Waals surface area contributed by atoms with E-state index in [1.807, 2.05) is 19.1 Å². The first-order valence-electron chi connectivity index (χ1n) is 5.85. The molecule has 1 saturated carbocycles. The molecule has 0 aromatic heterocycles. The third-order valence-corrected chi connectivity index (χ3v) is 4.07. The summed E-state index contributed by atoms with van der Waals surface area (Å²) < 4.78 is 6.76. The van der Waals surface area contributed by atoms with E-state index < -0.39 is 0 Å². The average molecular weight is 296 g/mol. The topological polar surface area (TPSA) is 35.2 Å². The number of hydrogen-bond donors (Lipinski definition) is 1. The highest BCUT2D eigenvalue weighted by Crippen LogP contribution is 2.51. The number of halogens is 1. The van der Waals surface area contributed by atoms with Crippen LogP contribution in [0.5, 0.6) is 5.75 Å². The number of benzene rings is 1. The summed E-state index contributed by atoms with van der Waals surface area (Å²) in [5, 5.41) is 0. The molecule has 3 heteroatoms. The fraction of sp³-hybridized carbons (Fsp3) is 0.429. The Bertz CT molecular complexity index is 438. The van der Waals surface area contributed by atoms with E-state index in [2.05, 4.69) is 28.6 Å². The van der Waals surface area contributed by atoms with Gasteiger partial charge in [-0.3, -0.25) is 0 Å². The largest absolute Gasteiger partial charge is 0.488 e. The standard InChI is InChI=1S/C14H18BrNO/c1-10(2)8-17-12-5-3-4-11(13(12)15)14(9-16)6-7-14/h3-5H,1,6-9,16H2,2H3. The Morgan fingerprint density at radius 1 is 1.53 bits per heavy atom. The Hall–Kier alpha value is -0.800. The van der Waals surface area contributed by atoms with Crippen molar-refractivity contribution in [3.8, 4) is 5.75 Å². The van der Waals surface area contributed by atoms with Crippen molar-refractivity contribution >= 4 is 15.9 Å². The SMILES string of the molecule is C=C(C)COc1cccc(C2(CN)CC2)c1Br. The second kappa shape index (κ2) is 4.83. The molecule has 0 unspecified atom stereocenters. The van der Waals surface area contributed by atoms with Crippen molar-refractivity contribution in [1.82, 2.24) is 0 Å². The lowest BCUT2D eigenvalue weighted by atomic mass is 9.96. The Labute approximate surface area is 111 Å². The molecule has 1 aromatic rings. The van der Waals surface area contributed by atoms with E-state index in [9.17, 15) is 0 Å². The maximum Gasteiger partial charge on any atom is 0.134 e. The molecule has 0 aliphatic heterocycles. The zero-order valence-electron chi connectivity index (χ0n) is 10.1. The Kier molecular flexibility index (Phi) is 3.59. The summed E-state index contributed by atoms with van der Waals surface area (Å²) in [7, 11) is 0.